The minimum atomic E-state index is 0.0226. The molecule has 0 saturated carbocycles. The van der Waals surface area contributed by atoms with Crippen molar-refractivity contribution >= 4 is 23.6 Å². The van der Waals surface area contributed by atoms with Crippen molar-refractivity contribution in [3.05, 3.63) is 96.1 Å². The van der Waals surface area contributed by atoms with Crippen molar-refractivity contribution in [3.63, 3.8) is 0 Å². The van der Waals surface area contributed by atoms with E-state index in [0.29, 0.717) is 32.5 Å². The van der Waals surface area contributed by atoms with Crippen molar-refractivity contribution in [2.75, 3.05) is 25.4 Å². The first-order valence-corrected chi connectivity index (χ1v) is 15.3. The molecule has 0 aliphatic carbocycles. The molecule has 1 atom stereocenters. The molecule has 1 fully saturated rings. The van der Waals surface area contributed by atoms with Gasteiger partial charge in [0.25, 0.3) is 0 Å². The Bertz CT molecular complexity index is 1460. The van der Waals surface area contributed by atoms with Gasteiger partial charge >= 0.3 is 0 Å². The van der Waals surface area contributed by atoms with Gasteiger partial charge in [0.05, 0.1) is 5.69 Å². The molecular weight excluding hydrogens is 530 g/mol. The topological polar surface area (TPSA) is 71.3 Å². The minimum absolute atomic E-state index is 0.0226. The molecule has 2 heterocycles. The molecule has 1 aliphatic rings. The average molecular weight is 568 g/mol. The number of carbonyl (C=O) groups excluding carboxylic acids is 2. The van der Waals surface area contributed by atoms with Crippen LogP contribution in [0.25, 0.3) is 17.1 Å². The SMILES string of the molecule is Cc1ccccc1-n1c(SCCCC(=O)N2CCN(C(=O)CCc3ccccc3)C(C)C2)nnc1-c1ccccc1. The van der Waals surface area contributed by atoms with Gasteiger partial charge in [-0.2, -0.15) is 0 Å². The average Bonchev–Trinajstić information content (AvgIpc) is 3.42. The van der Waals surface area contributed by atoms with E-state index in [1.165, 1.54) is 5.56 Å². The number of piperazine rings is 1. The van der Waals surface area contributed by atoms with Gasteiger partial charge in [-0.1, -0.05) is 90.6 Å². The van der Waals surface area contributed by atoms with Crippen molar-refractivity contribution in [3.8, 4) is 17.1 Å². The van der Waals surface area contributed by atoms with Crippen LogP contribution in [0.4, 0.5) is 0 Å². The molecule has 0 bridgehead atoms. The Balaban J connectivity index is 1.13. The van der Waals surface area contributed by atoms with E-state index in [2.05, 4.69) is 46.0 Å². The van der Waals surface area contributed by atoms with E-state index in [-0.39, 0.29) is 17.9 Å². The Morgan fingerprint density at radius 1 is 0.854 bits per heavy atom. The predicted molar refractivity (Wildman–Crippen MR) is 164 cm³/mol. The Labute approximate surface area is 246 Å². The first kappa shape index (κ1) is 28.6. The van der Waals surface area contributed by atoms with Gasteiger partial charge in [-0.3, -0.25) is 14.2 Å². The van der Waals surface area contributed by atoms with E-state index in [4.69, 9.17) is 0 Å². The number of benzene rings is 3. The first-order chi connectivity index (χ1) is 20.0. The third kappa shape index (κ3) is 7.06. The fourth-order valence-electron chi connectivity index (χ4n) is 5.31. The van der Waals surface area contributed by atoms with Crippen LogP contribution in [0.1, 0.15) is 37.3 Å². The Morgan fingerprint density at radius 3 is 2.29 bits per heavy atom. The number of para-hydroxylation sites is 1. The first-order valence-electron chi connectivity index (χ1n) is 14.3. The molecule has 5 rings (SSSR count). The van der Waals surface area contributed by atoms with Gasteiger partial charge in [0.15, 0.2) is 11.0 Å². The van der Waals surface area contributed by atoms with Gasteiger partial charge in [-0.05, 0) is 43.9 Å². The maximum atomic E-state index is 13.0. The molecule has 1 aliphatic heterocycles. The summed E-state index contributed by atoms with van der Waals surface area (Å²) in [6.45, 7) is 5.91. The van der Waals surface area contributed by atoms with Crippen molar-refractivity contribution in [2.45, 2.75) is 50.7 Å². The molecule has 7 nitrogen and oxygen atoms in total. The molecule has 0 radical (unpaired) electrons. The summed E-state index contributed by atoms with van der Waals surface area (Å²) in [4.78, 5) is 29.8. The molecule has 41 heavy (non-hydrogen) atoms. The number of aryl methyl sites for hydroxylation is 2. The fraction of sp³-hybridized carbons (Fsp3) is 0.333. The van der Waals surface area contributed by atoms with Crippen LogP contribution in [0.15, 0.2) is 90.1 Å². The summed E-state index contributed by atoms with van der Waals surface area (Å²) in [5.74, 6) is 1.89. The Morgan fingerprint density at radius 2 is 1.56 bits per heavy atom. The summed E-state index contributed by atoms with van der Waals surface area (Å²) in [7, 11) is 0. The summed E-state index contributed by atoms with van der Waals surface area (Å²) in [5, 5.41) is 9.89. The second-order valence-corrected chi connectivity index (χ2v) is 11.6. The molecule has 212 valence electrons. The van der Waals surface area contributed by atoms with Gasteiger partial charge in [0.2, 0.25) is 11.8 Å². The number of hydrogen-bond acceptors (Lipinski definition) is 5. The lowest BCUT2D eigenvalue weighted by Crippen LogP contribution is -2.55. The molecular formula is C33H37N5O2S. The Hall–Kier alpha value is -3.91. The fourth-order valence-corrected chi connectivity index (χ4v) is 6.19. The van der Waals surface area contributed by atoms with Crippen molar-refractivity contribution in [2.24, 2.45) is 0 Å². The second-order valence-electron chi connectivity index (χ2n) is 10.5. The molecule has 1 unspecified atom stereocenters. The summed E-state index contributed by atoms with van der Waals surface area (Å²) in [6.07, 6.45) is 2.47. The number of rotatable bonds is 10. The number of thioether (sulfide) groups is 1. The van der Waals surface area contributed by atoms with Gasteiger partial charge in [0.1, 0.15) is 0 Å². The summed E-state index contributed by atoms with van der Waals surface area (Å²) in [6, 6.07) is 28.5. The molecule has 0 N–H and O–H groups in total. The molecule has 8 heteroatoms. The van der Waals surface area contributed by atoms with Gasteiger partial charge in [-0.25, -0.2) is 0 Å². The van der Waals surface area contributed by atoms with Crippen LogP contribution >= 0.6 is 11.8 Å². The zero-order valence-corrected chi connectivity index (χ0v) is 24.6. The molecule has 2 amide bonds. The highest BCUT2D eigenvalue weighted by atomic mass is 32.2. The maximum absolute atomic E-state index is 13.0. The zero-order chi connectivity index (χ0) is 28.6. The van der Waals surface area contributed by atoms with Gasteiger partial charge in [-0.15, -0.1) is 10.2 Å². The highest BCUT2D eigenvalue weighted by molar-refractivity contribution is 7.99. The third-order valence-electron chi connectivity index (χ3n) is 7.56. The van der Waals surface area contributed by atoms with Crippen LogP contribution in [-0.4, -0.2) is 67.8 Å². The molecule has 0 spiro atoms. The Kier molecular flexibility index (Phi) is 9.51. The van der Waals surface area contributed by atoms with E-state index in [0.717, 1.165) is 46.4 Å². The molecule has 1 saturated heterocycles. The zero-order valence-electron chi connectivity index (χ0n) is 23.8. The predicted octanol–water partition coefficient (Wildman–Crippen LogP) is 5.81. The summed E-state index contributed by atoms with van der Waals surface area (Å²) in [5.41, 5.74) is 4.39. The normalized spacial score (nSPS) is 15.2. The van der Waals surface area contributed by atoms with Crippen LogP contribution < -0.4 is 0 Å². The van der Waals surface area contributed by atoms with Crippen LogP contribution in [0.5, 0.6) is 0 Å². The van der Waals surface area contributed by atoms with Crippen LogP contribution in [0, 0.1) is 6.92 Å². The third-order valence-corrected chi connectivity index (χ3v) is 8.57. The van der Waals surface area contributed by atoms with Crippen molar-refractivity contribution in [1.82, 2.24) is 24.6 Å². The molecule has 1 aromatic heterocycles. The van der Waals surface area contributed by atoms with Crippen LogP contribution in [-0.2, 0) is 16.0 Å². The highest BCUT2D eigenvalue weighted by Gasteiger charge is 2.29. The monoisotopic (exact) mass is 567 g/mol. The smallest absolute Gasteiger partial charge is 0.223 e. The number of aromatic nitrogens is 3. The number of carbonyl (C=O) groups is 2. The minimum Gasteiger partial charge on any atom is -0.339 e. The van der Waals surface area contributed by atoms with Crippen molar-refractivity contribution in [1.29, 1.82) is 0 Å². The summed E-state index contributed by atoms with van der Waals surface area (Å²) < 4.78 is 2.12. The largest absolute Gasteiger partial charge is 0.339 e. The van der Waals surface area contributed by atoms with Crippen molar-refractivity contribution < 1.29 is 9.59 Å². The van der Waals surface area contributed by atoms with Gasteiger partial charge in [0, 0.05) is 49.8 Å². The van der Waals surface area contributed by atoms with E-state index in [9.17, 15) is 9.59 Å². The lowest BCUT2D eigenvalue weighted by Gasteiger charge is -2.40. The van der Waals surface area contributed by atoms with Crippen LogP contribution in [0.3, 0.4) is 0 Å². The van der Waals surface area contributed by atoms with E-state index in [1.54, 1.807) is 11.8 Å². The second kappa shape index (κ2) is 13.6. The number of nitrogens with zero attached hydrogens (tertiary/aromatic N) is 5. The molecule has 4 aromatic rings. The van der Waals surface area contributed by atoms with E-state index >= 15 is 0 Å². The van der Waals surface area contributed by atoms with Crippen LogP contribution in [0.2, 0.25) is 0 Å². The lowest BCUT2D eigenvalue weighted by atomic mass is 10.1. The number of amides is 2. The van der Waals surface area contributed by atoms with Gasteiger partial charge < -0.3 is 9.80 Å². The van der Waals surface area contributed by atoms with E-state index in [1.807, 2.05) is 77.4 Å². The number of hydrogen-bond donors (Lipinski definition) is 0. The standard InChI is InChI=1S/C33H37N5O2S/c1-25-12-9-10-17-29(25)38-32(28-15-7-4-8-16-28)34-35-33(38)41-23-11-18-30(39)36-21-22-37(26(2)24-36)31(40)20-19-27-13-5-3-6-14-27/h3-10,12-17,26H,11,18-24H2,1-2H3. The highest BCUT2D eigenvalue weighted by Crippen LogP contribution is 2.30. The van der Waals surface area contributed by atoms with E-state index < -0.39 is 0 Å². The maximum Gasteiger partial charge on any atom is 0.223 e. The molecule has 3 aromatic carbocycles. The quantitative estimate of drug-likeness (QED) is 0.179. The lowest BCUT2D eigenvalue weighted by molar-refractivity contribution is -0.142. The summed E-state index contributed by atoms with van der Waals surface area (Å²) >= 11 is 1.63.